The summed E-state index contributed by atoms with van der Waals surface area (Å²) in [6.07, 6.45) is 0.246. The highest BCUT2D eigenvalue weighted by atomic mass is 16.5. The number of hydrogen-bond acceptors (Lipinski definition) is 5. The molecule has 0 saturated carbocycles. The van der Waals surface area contributed by atoms with E-state index in [0.29, 0.717) is 6.54 Å². The molecule has 0 spiro atoms. The van der Waals surface area contributed by atoms with Crippen molar-refractivity contribution in [2.24, 2.45) is 5.92 Å². The molecule has 0 bridgehead atoms. The van der Waals surface area contributed by atoms with E-state index in [1.54, 1.807) is 4.90 Å². The first-order valence-electron chi connectivity index (χ1n) is 9.24. The number of hydrogen-bond donors (Lipinski definition) is 1. The summed E-state index contributed by atoms with van der Waals surface area (Å²) in [4.78, 5) is 18.9. The molecular weight excluding hydrogens is 330 g/mol. The molecule has 0 fully saturated rings. The van der Waals surface area contributed by atoms with Gasteiger partial charge in [0, 0.05) is 44.4 Å². The van der Waals surface area contributed by atoms with Crippen LogP contribution in [0.1, 0.15) is 19.4 Å². The second kappa shape index (κ2) is 8.73. The van der Waals surface area contributed by atoms with Crippen molar-refractivity contribution in [2.75, 3.05) is 52.8 Å². The maximum atomic E-state index is 13.0. The zero-order chi connectivity index (χ0) is 19.4. The van der Waals surface area contributed by atoms with E-state index in [1.165, 1.54) is 0 Å². The van der Waals surface area contributed by atoms with Gasteiger partial charge in [-0.3, -0.25) is 4.79 Å². The first kappa shape index (κ1) is 20.5. The topological polar surface area (TPSA) is 56.3 Å². The molecule has 0 saturated heterocycles. The molecule has 1 aromatic carbocycles. The second-order valence-corrected chi connectivity index (χ2v) is 7.84. The highest BCUT2D eigenvalue weighted by molar-refractivity contribution is 5.80. The third-order valence-corrected chi connectivity index (χ3v) is 4.96. The molecule has 6 nitrogen and oxygen atoms in total. The fourth-order valence-electron chi connectivity index (χ4n) is 3.27. The van der Waals surface area contributed by atoms with Crippen molar-refractivity contribution < 1.29 is 14.6 Å². The number of carbonyl (C=O) groups excluding carboxylic acids is 1. The number of fused-ring (bicyclic) bond motifs is 1. The summed E-state index contributed by atoms with van der Waals surface area (Å²) < 4.78 is 6.38. The Morgan fingerprint density at radius 3 is 2.58 bits per heavy atom. The van der Waals surface area contributed by atoms with Crippen LogP contribution in [0.2, 0.25) is 0 Å². The molecule has 0 aromatic heterocycles. The minimum absolute atomic E-state index is 0.0321. The van der Waals surface area contributed by atoms with E-state index < -0.39 is 0 Å². The summed E-state index contributed by atoms with van der Waals surface area (Å²) >= 11 is 0. The molecule has 0 aliphatic carbocycles. The van der Waals surface area contributed by atoms with Crippen LogP contribution in [0, 0.1) is 5.92 Å². The van der Waals surface area contributed by atoms with Gasteiger partial charge >= 0.3 is 0 Å². The van der Waals surface area contributed by atoms with E-state index >= 15 is 0 Å². The lowest BCUT2D eigenvalue weighted by atomic mass is 10.0. The molecule has 2 rings (SSSR count). The highest BCUT2D eigenvalue weighted by Crippen LogP contribution is 2.29. The smallest absolute Gasteiger partial charge is 0.227 e. The van der Waals surface area contributed by atoms with Crippen molar-refractivity contribution >= 4 is 11.6 Å². The van der Waals surface area contributed by atoms with Gasteiger partial charge in [-0.05, 0) is 39.2 Å². The van der Waals surface area contributed by atoms with Crippen molar-refractivity contribution in [1.29, 1.82) is 0 Å². The Labute approximate surface area is 157 Å². The average molecular weight is 364 g/mol. The van der Waals surface area contributed by atoms with Crippen LogP contribution in [0.3, 0.4) is 0 Å². The van der Waals surface area contributed by atoms with E-state index in [1.807, 2.05) is 58.2 Å². The van der Waals surface area contributed by atoms with Crippen LogP contribution in [0.4, 0.5) is 5.69 Å². The van der Waals surface area contributed by atoms with Crippen molar-refractivity contribution in [2.45, 2.75) is 32.4 Å². The third kappa shape index (κ3) is 4.89. The first-order valence-corrected chi connectivity index (χ1v) is 9.24. The van der Waals surface area contributed by atoms with Crippen molar-refractivity contribution in [3.63, 3.8) is 0 Å². The summed E-state index contributed by atoms with van der Waals surface area (Å²) in [6.45, 7) is 5.31. The van der Waals surface area contributed by atoms with Gasteiger partial charge in [0.1, 0.15) is 11.9 Å². The Bertz CT molecular complexity index is 618. The van der Waals surface area contributed by atoms with E-state index in [4.69, 9.17) is 4.74 Å². The van der Waals surface area contributed by atoms with Gasteiger partial charge in [0.2, 0.25) is 5.91 Å². The molecule has 3 atom stereocenters. The average Bonchev–Trinajstić information content (AvgIpc) is 2.62. The van der Waals surface area contributed by atoms with Gasteiger partial charge < -0.3 is 24.5 Å². The maximum Gasteiger partial charge on any atom is 0.227 e. The molecule has 1 aliphatic rings. The van der Waals surface area contributed by atoms with Crippen LogP contribution in [-0.4, -0.2) is 80.8 Å². The normalized spacial score (nSPS) is 22.2. The van der Waals surface area contributed by atoms with Gasteiger partial charge in [-0.25, -0.2) is 0 Å². The molecule has 0 unspecified atom stereocenters. The molecule has 1 N–H and O–H groups in total. The zero-order valence-corrected chi connectivity index (χ0v) is 16.9. The Kier molecular flexibility index (Phi) is 6.89. The van der Waals surface area contributed by atoms with Crippen LogP contribution in [0.15, 0.2) is 18.2 Å². The number of carbonyl (C=O) groups is 1. The number of rotatable bonds is 5. The highest BCUT2D eigenvalue weighted by Gasteiger charge is 2.30. The summed E-state index contributed by atoms with van der Waals surface area (Å²) in [5, 5.41) is 9.61. The quantitative estimate of drug-likeness (QED) is 0.858. The third-order valence-electron chi connectivity index (χ3n) is 4.96. The number of anilines is 1. The van der Waals surface area contributed by atoms with E-state index in [2.05, 4.69) is 11.8 Å². The summed E-state index contributed by atoms with van der Waals surface area (Å²) in [5.41, 5.74) is 1.94. The lowest BCUT2D eigenvalue weighted by Crippen LogP contribution is -2.47. The monoisotopic (exact) mass is 363 g/mol. The van der Waals surface area contributed by atoms with Crippen LogP contribution in [-0.2, 0) is 11.2 Å². The first-order chi connectivity index (χ1) is 12.2. The van der Waals surface area contributed by atoms with Gasteiger partial charge in [0.05, 0.1) is 19.1 Å². The summed E-state index contributed by atoms with van der Waals surface area (Å²) in [6, 6.07) is 5.81. The zero-order valence-electron chi connectivity index (χ0n) is 16.9. The number of benzene rings is 1. The standard InChI is InChI=1S/C20H33N3O3/c1-14-11-23(15(2)13-24)20(25)10-16-9-17(22(5)6)7-8-18(16)26-19(14)12-21(3)4/h7-9,14-15,19,24H,10-13H2,1-6H3/t14-,15+,19+/m1/s1. The minimum Gasteiger partial charge on any atom is -0.488 e. The number of aliphatic hydroxyl groups excluding tert-OH is 1. The predicted molar refractivity (Wildman–Crippen MR) is 105 cm³/mol. The molecule has 146 valence electrons. The largest absolute Gasteiger partial charge is 0.488 e. The van der Waals surface area contributed by atoms with Crippen molar-refractivity contribution in [3.05, 3.63) is 23.8 Å². The maximum absolute atomic E-state index is 13.0. The predicted octanol–water partition coefficient (Wildman–Crippen LogP) is 1.46. The summed E-state index contributed by atoms with van der Waals surface area (Å²) in [5.74, 6) is 0.959. The summed E-state index contributed by atoms with van der Waals surface area (Å²) in [7, 11) is 8.02. The molecule has 1 aliphatic heterocycles. The molecule has 1 aromatic rings. The van der Waals surface area contributed by atoms with Gasteiger partial charge in [-0.2, -0.15) is 0 Å². The number of amides is 1. The Morgan fingerprint density at radius 1 is 1.31 bits per heavy atom. The lowest BCUT2D eigenvalue weighted by molar-refractivity contribution is -0.134. The Balaban J connectivity index is 2.45. The molecule has 1 amide bonds. The van der Waals surface area contributed by atoms with Gasteiger partial charge in [0.25, 0.3) is 0 Å². The molecule has 26 heavy (non-hydrogen) atoms. The van der Waals surface area contributed by atoms with Crippen molar-refractivity contribution in [3.8, 4) is 5.75 Å². The fraction of sp³-hybridized carbons (Fsp3) is 0.650. The van der Waals surface area contributed by atoms with E-state index in [9.17, 15) is 9.90 Å². The number of ether oxygens (including phenoxy) is 1. The Morgan fingerprint density at radius 2 is 2.00 bits per heavy atom. The Hall–Kier alpha value is -1.79. The van der Waals surface area contributed by atoms with Crippen LogP contribution in [0.5, 0.6) is 5.75 Å². The van der Waals surface area contributed by atoms with Gasteiger partial charge in [-0.15, -0.1) is 0 Å². The van der Waals surface area contributed by atoms with Crippen molar-refractivity contribution in [1.82, 2.24) is 9.80 Å². The van der Waals surface area contributed by atoms with E-state index in [0.717, 1.165) is 23.5 Å². The number of likely N-dealkylation sites (N-methyl/N-ethyl adjacent to an activating group) is 1. The molecular formula is C20H33N3O3. The SMILES string of the molecule is C[C@@H]1CN([C@@H](C)CO)C(=O)Cc2cc(N(C)C)ccc2O[C@H]1CN(C)C. The lowest BCUT2D eigenvalue weighted by Gasteiger charge is -2.33. The van der Waals surface area contributed by atoms with E-state index in [-0.39, 0.29) is 37.0 Å². The number of aliphatic hydroxyl groups is 1. The van der Waals surface area contributed by atoms with Crippen LogP contribution >= 0.6 is 0 Å². The fourth-order valence-corrected chi connectivity index (χ4v) is 3.27. The van der Waals surface area contributed by atoms with Crippen LogP contribution in [0.25, 0.3) is 0 Å². The molecule has 1 heterocycles. The van der Waals surface area contributed by atoms with Crippen LogP contribution < -0.4 is 9.64 Å². The van der Waals surface area contributed by atoms with Gasteiger partial charge in [0.15, 0.2) is 0 Å². The molecule has 6 heteroatoms. The molecule has 0 radical (unpaired) electrons. The number of nitrogens with zero attached hydrogens (tertiary/aromatic N) is 3. The van der Waals surface area contributed by atoms with Gasteiger partial charge in [-0.1, -0.05) is 6.92 Å². The minimum atomic E-state index is -0.205. The second-order valence-electron chi connectivity index (χ2n) is 7.84.